The van der Waals surface area contributed by atoms with Gasteiger partial charge in [0, 0.05) is 23.7 Å². The molecule has 0 aliphatic carbocycles. The largest absolute Gasteiger partial charge is 0.378 e. The maximum absolute atomic E-state index is 5.39. The fourth-order valence-electron chi connectivity index (χ4n) is 2.62. The van der Waals surface area contributed by atoms with Gasteiger partial charge < -0.3 is 15.0 Å². The number of benzene rings is 1. The predicted octanol–water partition coefficient (Wildman–Crippen LogP) is 3.52. The number of thiocarbonyl (C=S) groups is 1. The number of thiophene rings is 1. The molecule has 1 aliphatic heterocycles. The van der Waals surface area contributed by atoms with Crippen LogP contribution in [0.3, 0.4) is 0 Å². The minimum Gasteiger partial charge on any atom is -0.378 e. The van der Waals surface area contributed by atoms with Gasteiger partial charge in [-0.1, -0.05) is 17.7 Å². The Bertz CT molecular complexity index is 766. The Balaban J connectivity index is 1.52. The third kappa shape index (κ3) is 5.01. The molecule has 132 valence electrons. The van der Waals surface area contributed by atoms with Crippen LogP contribution < -0.4 is 15.6 Å². The summed E-state index contributed by atoms with van der Waals surface area (Å²) in [5, 5.41) is 9.13. The first-order valence-electron chi connectivity index (χ1n) is 8.21. The summed E-state index contributed by atoms with van der Waals surface area (Å²) in [5.41, 5.74) is 6.25. The SMILES string of the molecule is Cc1ccc(NC(=S)N/N=C/c2ccc(N3CCOCC3)s2)c(C)c1. The zero-order valence-corrected chi connectivity index (χ0v) is 16.0. The normalized spacial score (nSPS) is 14.7. The van der Waals surface area contributed by atoms with Gasteiger partial charge in [-0.2, -0.15) is 5.10 Å². The molecule has 2 heterocycles. The molecular weight excluding hydrogens is 352 g/mol. The van der Waals surface area contributed by atoms with Gasteiger partial charge in [0.1, 0.15) is 0 Å². The highest BCUT2D eigenvalue weighted by Gasteiger charge is 2.12. The molecule has 2 N–H and O–H groups in total. The van der Waals surface area contributed by atoms with Crippen LogP contribution in [0, 0.1) is 13.8 Å². The van der Waals surface area contributed by atoms with E-state index in [4.69, 9.17) is 17.0 Å². The number of ether oxygens (including phenoxy) is 1. The van der Waals surface area contributed by atoms with Crippen molar-refractivity contribution in [2.75, 3.05) is 36.5 Å². The van der Waals surface area contributed by atoms with E-state index >= 15 is 0 Å². The van der Waals surface area contributed by atoms with Crippen LogP contribution in [-0.4, -0.2) is 37.6 Å². The molecule has 1 aromatic heterocycles. The summed E-state index contributed by atoms with van der Waals surface area (Å²) in [7, 11) is 0. The van der Waals surface area contributed by atoms with Crippen molar-refractivity contribution >= 4 is 45.6 Å². The fourth-order valence-corrected chi connectivity index (χ4v) is 3.72. The molecule has 1 saturated heterocycles. The third-order valence-corrected chi connectivity index (χ3v) is 5.20. The molecular formula is C18H22N4OS2. The Kier molecular flexibility index (Phi) is 6.01. The van der Waals surface area contributed by atoms with Crippen LogP contribution in [0.4, 0.5) is 10.7 Å². The maximum Gasteiger partial charge on any atom is 0.191 e. The zero-order chi connectivity index (χ0) is 17.6. The lowest BCUT2D eigenvalue weighted by Crippen LogP contribution is -2.35. The standard InChI is InChI=1S/C18H22N4OS2/c1-13-3-5-16(14(2)11-13)20-18(24)21-19-12-15-4-6-17(25-15)22-7-9-23-10-8-22/h3-6,11-12H,7-10H2,1-2H3,(H2,20,21,24)/b19-12+. The summed E-state index contributed by atoms with van der Waals surface area (Å²) in [4.78, 5) is 3.42. The van der Waals surface area contributed by atoms with E-state index in [0.717, 1.165) is 42.4 Å². The van der Waals surface area contributed by atoms with Gasteiger partial charge in [0.15, 0.2) is 5.11 Å². The maximum atomic E-state index is 5.39. The second-order valence-corrected chi connectivity index (χ2v) is 7.42. The number of hydrogen-bond acceptors (Lipinski definition) is 5. The van der Waals surface area contributed by atoms with Gasteiger partial charge in [0.2, 0.25) is 0 Å². The lowest BCUT2D eigenvalue weighted by atomic mass is 10.1. The van der Waals surface area contributed by atoms with Crippen molar-refractivity contribution in [3.8, 4) is 0 Å². The van der Waals surface area contributed by atoms with Crippen LogP contribution >= 0.6 is 23.6 Å². The monoisotopic (exact) mass is 374 g/mol. The molecule has 25 heavy (non-hydrogen) atoms. The first-order valence-corrected chi connectivity index (χ1v) is 9.44. The Morgan fingerprint density at radius 3 is 2.80 bits per heavy atom. The lowest BCUT2D eigenvalue weighted by Gasteiger charge is -2.27. The van der Waals surface area contributed by atoms with E-state index in [-0.39, 0.29) is 0 Å². The highest BCUT2D eigenvalue weighted by molar-refractivity contribution is 7.80. The van der Waals surface area contributed by atoms with E-state index in [1.54, 1.807) is 17.6 Å². The molecule has 0 bridgehead atoms. The van der Waals surface area contributed by atoms with Crippen LogP contribution in [0.25, 0.3) is 0 Å². The summed E-state index contributed by atoms with van der Waals surface area (Å²) in [6, 6.07) is 10.4. The van der Waals surface area contributed by atoms with E-state index < -0.39 is 0 Å². The number of nitrogens with zero attached hydrogens (tertiary/aromatic N) is 2. The van der Waals surface area contributed by atoms with Crippen molar-refractivity contribution in [2.45, 2.75) is 13.8 Å². The van der Waals surface area contributed by atoms with E-state index in [2.05, 4.69) is 58.9 Å². The molecule has 2 aromatic rings. The molecule has 0 amide bonds. The van der Waals surface area contributed by atoms with E-state index in [1.165, 1.54) is 10.6 Å². The average Bonchev–Trinajstić information content (AvgIpc) is 3.07. The van der Waals surface area contributed by atoms with Gasteiger partial charge in [-0.25, -0.2) is 0 Å². The van der Waals surface area contributed by atoms with Crippen molar-refractivity contribution in [3.05, 3.63) is 46.3 Å². The van der Waals surface area contributed by atoms with Gasteiger partial charge in [-0.3, -0.25) is 5.43 Å². The molecule has 0 unspecified atom stereocenters. The molecule has 1 fully saturated rings. The van der Waals surface area contributed by atoms with Gasteiger partial charge in [-0.15, -0.1) is 11.3 Å². The second-order valence-electron chi connectivity index (χ2n) is 5.92. The predicted molar refractivity (Wildman–Crippen MR) is 110 cm³/mol. The highest BCUT2D eigenvalue weighted by Crippen LogP contribution is 2.25. The molecule has 5 nitrogen and oxygen atoms in total. The smallest absolute Gasteiger partial charge is 0.191 e. The van der Waals surface area contributed by atoms with Crippen LogP contribution in [0.5, 0.6) is 0 Å². The van der Waals surface area contributed by atoms with Crippen molar-refractivity contribution in [1.82, 2.24) is 5.43 Å². The highest BCUT2D eigenvalue weighted by atomic mass is 32.1. The Morgan fingerprint density at radius 2 is 2.04 bits per heavy atom. The number of hydrogen-bond donors (Lipinski definition) is 2. The molecule has 1 aliphatic rings. The van der Waals surface area contributed by atoms with Crippen LogP contribution in [0.2, 0.25) is 0 Å². The first kappa shape index (κ1) is 17.8. The fraction of sp³-hybridized carbons (Fsp3) is 0.333. The minimum absolute atomic E-state index is 0.480. The Morgan fingerprint density at radius 1 is 1.24 bits per heavy atom. The van der Waals surface area contributed by atoms with Crippen molar-refractivity contribution in [3.63, 3.8) is 0 Å². The zero-order valence-electron chi connectivity index (χ0n) is 14.4. The third-order valence-electron chi connectivity index (χ3n) is 3.92. The van der Waals surface area contributed by atoms with Crippen molar-refractivity contribution < 1.29 is 4.74 Å². The van der Waals surface area contributed by atoms with Gasteiger partial charge >= 0.3 is 0 Å². The van der Waals surface area contributed by atoms with E-state index in [0.29, 0.717) is 5.11 Å². The van der Waals surface area contributed by atoms with E-state index in [1.807, 2.05) is 6.07 Å². The molecule has 0 saturated carbocycles. The number of anilines is 2. The summed E-state index contributed by atoms with van der Waals surface area (Å²) < 4.78 is 5.39. The lowest BCUT2D eigenvalue weighted by molar-refractivity contribution is 0.123. The van der Waals surface area contributed by atoms with Crippen LogP contribution in [0.1, 0.15) is 16.0 Å². The molecule has 0 radical (unpaired) electrons. The second kappa shape index (κ2) is 8.42. The molecule has 7 heteroatoms. The summed E-state index contributed by atoms with van der Waals surface area (Å²) in [6.07, 6.45) is 1.80. The average molecular weight is 375 g/mol. The summed E-state index contributed by atoms with van der Waals surface area (Å²) in [6.45, 7) is 7.60. The van der Waals surface area contributed by atoms with E-state index in [9.17, 15) is 0 Å². The quantitative estimate of drug-likeness (QED) is 0.487. The number of nitrogens with one attached hydrogen (secondary N) is 2. The number of morpholine rings is 1. The number of rotatable bonds is 4. The van der Waals surface area contributed by atoms with Crippen LogP contribution in [-0.2, 0) is 4.74 Å². The number of hydrazone groups is 1. The minimum atomic E-state index is 0.480. The summed E-state index contributed by atoms with van der Waals surface area (Å²) in [5.74, 6) is 0. The van der Waals surface area contributed by atoms with Gasteiger partial charge in [0.05, 0.1) is 24.4 Å². The Hall–Kier alpha value is -1.96. The summed E-state index contributed by atoms with van der Waals surface area (Å²) >= 11 is 7.01. The topological polar surface area (TPSA) is 48.9 Å². The molecule has 0 atom stereocenters. The van der Waals surface area contributed by atoms with Gasteiger partial charge in [-0.05, 0) is 49.8 Å². The van der Waals surface area contributed by atoms with Crippen molar-refractivity contribution in [1.29, 1.82) is 0 Å². The van der Waals surface area contributed by atoms with Gasteiger partial charge in [0.25, 0.3) is 0 Å². The molecule has 1 aromatic carbocycles. The molecule has 0 spiro atoms. The van der Waals surface area contributed by atoms with Crippen molar-refractivity contribution in [2.24, 2.45) is 5.10 Å². The first-order chi connectivity index (χ1) is 12.1. The van der Waals surface area contributed by atoms with Crippen LogP contribution in [0.15, 0.2) is 35.4 Å². The Labute approximate surface area is 157 Å². The molecule has 3 rings (SSSR count). The number of aryl methyl sites for hydroxylation is 2.